The number of furan rings is 1. The van der Waals surface area contributed by atoms with Gasteiger partial charge >= 0.3 is 11.8 Å². The van der Waals surface area contributed by atoms with Crippen molar-refractivity contribution in [3.8, 4) is 0 Å². The quantitative estimate of drug-likeness (QED) is 0.658. The molecule has 1 unspecified atom stereocenters. The van der Waals surface area contributed by atoms with Crippen LogP contribution >= 0.6 is 23.2 Å². The first-order valence-electron chi connectivity index (χ1n) is 7.50. The highest BCUT2D eigenvalue weighted by Crippen LogP contribution is 2.29. The molecule has 0 aliphatic rings. The summed E-state index contributed by atoms with van der Waals surface area (Å²) in [6.07, 6.45) is 0. The molecule has 0 radical (unpaired) electrons. The Balaban J connectivity index is 1.68. The number of hydrogen-bond acceptors (Lipinski definition) is 3. The minimum atomic E-state index is -0.841. The molecule has 2 amide bonds. The van der Waals surface area contributed by atoms with Crippen LogP contribution in [0.5, 0.6) is 0 Å². The van der Waals surface area contributed by atoms with Crippen LogP contribution in [0, 0.1) is 0 Å². The summed E-state index contributed by atoms with van der Waals surface area (Å²) in [5.41, 5.74) is 0.986. The van der Waals surface area contributed by atoms with Gasteiger partial charge in [0.1, 0.15) is 11.3 Å². The smallest absolute Gasteiger partial charge is 0.313 e. The standard InChI is InChI=1S/C18H14Cl2N2O3/c1-10(15-9-11-5-2-3-8-14(11)25-15)21-17(23)18(24)22-13-7-4-6-12(19)16(13)20/h2-10H,1H3,(H,21,23)(H,22,24). The zero-order chi connectivity index (χ0) is 18.0. The first kappa shape index (κ1) is 17.3. The molecule has 128 valence electrons. The predicted molar refractivity (Wildman–Crippen MR) is 97.9 cm³/mol. The van der Waals surface area contributed by atoms with E-state index in [0.29, 0.717) is 11.3 Å². The number of nitrogens with one attached hydrogen (secondary N) is 2. The number of halogens is 2. The summed E-state index contributed by atoms with van der Waals surface area (Å²) in [5, 5.41) is 6.42. The fourth-order valence-corrected chi connectivity index (χ4v) is 2.68. The predicted octanol–water partition coefficient (Wildman–Crippen LogP) is 4.56. The Morgan fingerprint density at radius 2 is 1.80 bits per heavy atom. The maximum atomic E-state index is 12.1. The van der Waals surface area contributed by atoms with Crippen LogP contribution in [0.3, 0.4) is 0 Å². The Labute approximate surface area is 153 Å². The van der Waals surface area contributed by atoms with E-state index >= 15 is 0 Å². The summed E-state index contributed by atoms with van der Waals surface area (Å²) in [6, 6.07) is 13.6. The highest BCUT2D eigenvalue weighted by Gasteiger charge is 2.20. The van der Waals surface area contributed by atoms with E-state index in [9.17, 15) is 9.59 Å². The molecule has 1 atom stereocenters. The summed E-state index contributed by atoms with van der Waals surface area (Å²) in [7, 11) is 0. The van der Waals surface area contributed by atoms with Crippen LogP contribution < -0.4 is 10.6 Å². The van der Waals surface area contributed by atoms with Crippen LogP contribution in [0.25, 0.3) is 11.0 Å². The van der Waals surface area contributed by atoms with Crippen molar-refractivity contribution in [2.75, 3.05) is 5.32 Å². The van der Waals surface area contributed by atoms with Crippen molar-refractivity contribution in [3.63, 3.8) is 0 Å². The van der Waals surface area contributed by atoms with Gasteiger partial charge in [0, 0.05) is 5.39 Å². The van der Waals surface area contributed by atoms with Gasteiger partial charge in [0.25, 0.3) is 0 Å². The molecule has 25 heavy (non-hydrogen) atoms. The second kappa shape index (κ2) is 7.17. The number of carbonyl (C=O) groups excluding carboxylic acids is 2. The second-order valence-electron chi connectivity index (χ2n) is 5.44. The second-order valence-corrected chi connectivity index (χ2v) is 6.22. The van der Waals surface area contributed by atoms with Gasteiger partial charge in [-0.3, -0.25) is 9.59 Å². The molecule has 5 nitrogen and oxygen atoms in total. The Morgan fingerprint density at radius 3 is 2.56 bits per heavy atom. The summed E-state index contributed by atoms with van der Waals surface area (Å²) in [4.78, 5) is 24.2. The molecule has 0 fully saturated rings. The molecule has 1 aromatic heterocycles. The molecule has 0 saturated carbocycles. The number of anilines is 1. The van der Waals surface area contributed by atoms with Gasteiger partial charge in [-0.1, -0.05) is 47.5 Å². The molecule has 0 spiro atoms. The average molecular weight is 377 g/mol. The highest BCUT2D eigenvalue weighted by molar-refractivity contribution is 6.45. The number of rotatable bonds is 3. The molecular formula is C18H14Cl2N2O3. The van der Waals surface area contributed by atoms with Crippen molar-refractivity contribution < 1.29 is 14.0 Å². The largest absolute Gasteiger partial charge is 0.459 e. The van der Waals surface area contributed by atoms with Crippen molar-refractivity contribution in [1.82, 2.24) is 5.32 Å². The Bertz CT molecular complexity index is 919. The molecule has 7 heteroatoms. The number of hydrogen-bond donors (Lipinski definition) is 2. The summed E-state index contributed by atoms with van der Waals surface area (Å²) < 4.78 is 5.68. The van der Waals surface area contributed by atoms with Crippen molar-refractivity contribution >= 4 is 51.7 Å². The molecule has 0 bridgehead atoms. The van der Waals surface area contributed by atoms with E-state index in [4.69, 9.17) is 27.6 Å². The van der Waals surface area contributed by atoms with Gasteiger partial charge in [-0.05, 0) is 31.2 Å². The van der Waals surface area contributed by atoms with Gasteiger partial charge in [0.15, 0.2) is 0 Å². The van der Waals surface area contributed by atoms with Gasteiger partial charge in [-0.25, -0.2) is 0 Å². The first-order chi connectivity index (χ1) is 12.0. The van der Waals surface area contributed by atoms with Crippen molar-refractivity contribution in [3.05, 3.63) is 64.3 Å². The summed E-state index contributed by atoms with van der Waals surface area (Å²) in [6.45, 7) is 1.73. The number of carbonyl (C=O) groups is 2. The van der Waals surface area contributed by atoms with Gasteiger partial charge in [0.05, 0.1) is 21.8 Å². The highest BCUT2D eigenvalue weighted by atomic mass is 35.5. The first-order valence-corrected chi connectivity index (χ1v) is 8.25. The minimum absolute atomic E-state index is 0.177. The molecule has 2 aromatic carbocycles. The molecule has 3 rings (SSSR count). The topological polar surface area (TPSA) is 71.3 Å². The summed E-state index contributed by atoms with van der Waals surface area (Å²) >= 11 is 11.9. The molecule has 0 aliphatic heterocycles. The summed E-state index contributed by atoms with van der Waals surface area (Å²) in [5.74, 6) is -1.08. The van der Waals surface area contributed by atoms with E-state index in [1.807, 2.05) is 30.3 Å². The van der Waals surface area contributed by atoms with Crippen LogP contribution in [0.1, 0.15) is 18.7 Å². The minimum Gasteiger partial charge on any atom is -0.459 e. The molecule has 3 aromatic rings. The van der Waals surface area contributed by atoms with Crippen LogP contribution in [0.4, 0.5) is 5.69 Å². The number of fused-ring (bicyclic) bond motifs is 1. The van der Waals surface area contributed by atoms with Crippen LogP contribution in [0.2, 0.25) is 10.0 Å². The SMILES string of the molecule is CC(NC(=O)C(=O)Nc1cccc(Cl)c1Cl)c1cc2ccccc2o1. The van der Waals surface area contributed by atoms with Gasteiger partial charge in [-0.2, -0.15) is 0 Å². The van der Waals surface area contributed by atoms with Gasteiger partial charge < -0.3 is 15.1 Å². The molecule has 0 aliphatic carbocycles. The Morgan fingerprint density at radius 1 is 1.04 bits per heavy atom. The Kier molecular flexibility index (Phi) is 4.97. The van der Waals surface area contributed by atoms with E-state index in [2.05, 4.69) is 10.6 Å². The van der Waals surface area contributed by atoms with Crippen LogP contribution in [-0.2, 0) is 9.59 Å². The van der Waals surface area contributed by atoms with E-state index < -0.39 is 17.9 Å². The fraction of sp³-hybridized carbons (Fsp3) is 0.111. The lowest BCUT2D eigenvalue weighted by Gasteiger charge is -2.12. The van der Waals surface area contributed by atoms with Crippen LogP contribution in [0.15, 0.2) is 52.9 Å². The molecular weight excluding hydrogens is 363 g/mol. The van der Waals surface area contributed by atoms with Crippen molar-refractivity contribution in [2.45, 2.75) is 13.0 Å². The molecule has 0 saturated heterocycles. The number of para-hydroxylation sites is 1. The van der Waals surface area contributed by atoms with E-state index in [1.165, 1.54) is 0 Å². The van der Waals surface area contributed by atoms with Gasteiger partial charge in [0.2, 0.25) is 0 Å². The lowest BCUT2D eigenvalue weighted by molar-refractivity contribution is -0.136. The normalized spacial score (nSPS) is 12.0. The van der Waals surface area contributed by atoms with E-state index in [1.54, 1.807) is 25.1 Å². The van der Waals surface area contributed by atoms with Crippen molar-refractivity contribution in [2.24, 2.45) is 0 Å². The van der Waals surface area contributed by atoms with E-state index in [0.717, 1.165) is 5.39 Å². The third kappa shape index (κ3) is 3.78. The van der Waals surface area contributed by atoms with Crippen LogP contribution in [-0.4, -0.2) is 11.8 Å². The average Bonchev–Trinajstić information content (AvgIpc) is 3.03. The maximum Gasteiger partial charge on any atom is 0.313 e. The zero-order valence-electron chi connectivity index (χ0n) is 13.2. The number of benzene rings is 2. The third-order valence-electron chi connectivity index (χ3n) is 3.62. The Hall–Kier alpha value is -2.50. The third-order valence-corrected chi connectivity index (χ3v) is 4.44. The monoisotopic (exact) mass is 376 g/mol. The lowest BCUT2D eigenvalue weighted by Crippen LogP contribution is -2.36. The lowest BCUT2D eigenvalue weighted by atomic mass is 10.2. The zero-order valence-corrected chi connectivity index (χ0v) is 14.7. The van der Waals surface area contributed by atoms with E-state index in [-0.39, 0.29) is 15.7 Å². The molecule has 1 heterocycles. The van der Waals surface area contributed by atoms with Gasteiger partial charge in [-0.15, -0.1) is 0 Å². The maximum absolute atomic E-state index is 12.1. The fourth-order valence-electron chi connectivity index (χ4n) is 2.33. The number of amides is 2. The van der Waals surface area contributed by atoms with Crippen molar-refractivity contribution in [1.29, 1.82) is 0 Å². The molecule has 2 N–H and O–H groups in total.